The Bertz CT molecular complexity index is 576. The number of hydrogen-bond donors (Lipinski definition) is 0. The molecule has 1 aromatic heterocycles. The maximum absolute atomic E-state index is 12.3. The van der Waals surface area contributed by atoms with Crippen LogP contribution >= 0.6 is 11.8 Å². The molecule has 1 aliphatic rings. The molecule has 2 heterocycles. The summed E-state index contributed by atoms with van der Waals surface area (Å²) in [5.74, 6) is 0.459. The molecule has 0 saturated carbocycles. The monoisotopic (exact) mass is 366 g/mol. The molecule has 1 unspecified atom stereocenters. The molecule has 1 aliphatic heterocycles. The Kier molecular flexibility index (Phi) is 7.07. The van der Waals surface area contributed by atoms with Crippen LogP contribution in [0.3, 0.4) is 0 Å². The van der Waals surface area contributed by atoms with Crippen molar-refractivity contribution in [3.8, 4) is 0 Å². The minimum Gasteiger partial charge on any atom is -0.444 e. The van der Waals surface area contributed by atoms with E-state index in [9.17, 15) is 4.79 Å². The van der Waals surface area contributed by atoms with E-state index >= 15 is 0 Å². The predicted molar refractivity (Wildman–Crippen MR) is 101 cm³/mol. The first kappa shape index (κ1) is 20.0. The largest absolute Gasteiger partial charge is 0.444 e. The second kappa shape index (κ2) is 8.85. The summed E-state index contributed by atoms with van der Waals surface area (Å²) in [6.07, 6.45) is 7.47. The summed E-state index contributed by atoms with van der Waals surface area (Å²) >= 11 is 1.62. The molecule has 6 nitrogen and oxygen atoms in total. The summed E-state index contributed by atoms with van der Waals surface area (Å²) in [5, 5.41) is 0.980. The summed E-state index contributed by atoms with van der Waals surface area (Å²) < 4.78 is 5.51. The van der Waals surface area contributed by atoms with Crippen molar-refractivity contribution in [2.24, 2.45) is 5.92 Å². The van der Waals surface area contributed by atoms with Gasteiger partial charge in [0.05, 0.1) is 5.69 Å². The van der Waals surface area contributed by atoms with Crippen LogP contribution in [0.5, 0.6) is 0 Å². The summed E-state index contributed by atoms with van der Waals surface area (Å²) in [6, 6.07) is 0. The van der Waals surface area contributed by atoms with Crippen LogP contribution in [0.25, 0.3) is 0 Å². The highest BCUT2D eigenvalue weighted by molar-refractivity contribution is 7.98. The highest BCUT2D eigenvalue weighted by Gasteiger charge is 2.28. The van der Waals surface area contributed by atoms with E-state index in [4.69, 9.17) is 4.74 Å². The van der Waals surface area contributed by atoms with Crippen molar-refractivity contribution in [2.45, 2.75) is 50.8 Å². The lowest BCUT2D eigenvalue weighted by atomic mass is 9.98. The zero-order valence-corrected chi connectivity index (χ0v) is 16.8. The maximum Gasteiger partial charge on any atom is 0.410 e. The SMILES string of the molecule is CSc1nccnc1CN(C)CC1CCCN(C(=O)OC(C)(C)C)C1. The van der Waals surface area contributed by atoms with E-state index in [-0.39, 0.29) is 6.09 Å². The van der Waals surface area contributed by atoms with E-state index in [1.54, 1.807) is 24.2 Å². The van der Waals surface area contributed by atoms with Gasteiger partial charge in [0.1, 0.15) is 10.6 Å². The van der Waals surface area contributed by atoms with Crippen molar-refractivity contribution in [1.29, 1.82) is 0 Å². The van der Waals surface area contributed by atoms with Crippen molar-refractivity contribution < 1.29 is 9.53 Å². The molecule has 1 atom stereocenters. The lowest BCUT2D eigenvalue weighted by Gasteiger charge is -2.35. The molecule has 1 saturated heterocycles. The predicted octanol–water partition coefficient (Wildman–Crippen LogP) is 3.28. The number of nitrogens with zero attached hydrogens (tertiary/aromatic N) is 4. The maximum atomic E-state index is 12.3. The first-order valence-electron chi connectivity index (χ1n) is 8.79. The Morgan fingerprint density at radius 2 is 2.12 bits per heavy atom. The van der Waals surface area contributed by atoms with Crippen LogP contribution in [0.4, 0.5) is 4.79 Å². The number of piperidine rings is 1. The average Bonchev–Trinajstić information content (AvgIpc) is 2.54. The Balaban J connectivity index is 1.88. The van der Waals surface area contributed by atoms with Crippen LogP contribution in [0.2, 0.25) is 0 Å². The Labute approximate surface area is 155 Å². The van der Waals surface area contributed by atoms with Gasteiger partial charge in [-0.25, -0.2) is 9.78 Å². The standard InChI is InChI=1S/C18H30N4O2S/c1-18(2,3)24-17(23)22-10-6-7-14(12-22)11-21(4)13-15-16(25-5)20-9-8-19-15/h8-9,14H,6-7,10-13H2,1-5H3. The Hall–Kier alpha value is -1.34. The van der Waals surface area contributed by atoms with Gasteiger partial charge in [0.2, 0.25) is 0 Å². The molecule has 0 aromatic carbocycles. The second-order valence-corrected chi connectivity index (χ2v) is 8.44. The van der Waals surface area contributed by atoms with Gasteiger partial charge >= 0.3 is 6.09 Å². The highest BCUT2D eigenvalue weighted by Crippen LogP contribution is 2.21. The smallest absolute Gasteiger partial charge is 0.410 e. The van der Waals surface area contributed by atoms with E-state index in [1.165, 1.54) is 0 Å². The third-order valence-electron chi connectivity index (χ3n) is 4.09. The number of ether oxygens (including phenoxy) is 1. The summed E-state index contributed by atoms with van der Waals surface area (Å²) in [4.78, 5) is 25.2. The minimum atomic E-state index is -0.443. The van der Waals surface area contributed by atoms with Gasteiger partial charge in [0.15, 0.2) is 0 Å². The van der Waals surface area contributed by atoms with E-state index < -0.39 is 5.60 Å². The molecule has 25 heavy (non-hydrogen) atoms. The number of hydrogen-bond acceptors (Lipinski definition) is 6. The summed E-state index contributed by atoms with van der Waals surface area (Å²) in [5.41, 5.74) is 0.568. The van der Waals surface area contributed by atoms with Gasteiger partial charge in [-0.3, -0.25) is 4.98 Å². The lowest BCUT2D eigenvalue weighted by molar-refractivity contribution is 0.0147. The molecule has 0 N–H and O–H groups in total. The van der Waals surface area contributed by atoms with Gasteiger partial charge in [0.25, 0.3) is 0 Å². The number of aromatic nitrogens is 2. The minimum absolute atomic E-state index is 0.196. The third kappa shape index (κ3) is 6.47. The van der Waals surface area contributed by atoms with Crippen LogP contribution in [0.1, 0.15) is 39.3 Å². The van der Waals surface area contributed by atoms with Crippen molar-refractivity contribution in [3.63, 3.8) is 0 Å². The fraction of sp³-hybridized carbons (Fsp3) is 0.722. The van der Waals surface area contributed by atoms with Crippen molar-refractivity contribution in [2.75, 3.05) is 32.9 Å². The molecule has 0 aliphatic carbocycles. The zero-order valence-electron chi connectivity index (χ0n) is 16.0. The molecule has 0 bridgehead atoms. The number of carbonyl (C=O) groups is 1. The Morgan fingerprint density at radius 1 is 1.40 bits per heavy atom. The molecule has 140 valence electrons. The number of likely N-dealkylation sites (tertiary alicyclic amines) is 1. The molecule has 0 radical (unpaired) electrons. The van der Waals surface area contributed by atoms with Crippen molar-refractivity contribution in [3.05, 3.63) is 18.1 Å². The average molecular weight is 367 g/mol. The van der Waals surface area contributed by atoms with E-state index in [2.05, 4.69) is 21.9 Å². The number of amides is 1. The second-order valence-electron chi connectivity index (χ2n) is 7.64. The van der Waals surface area contributed by atoms with E-state index in [0.29, 0.717) is 5.92 Å². The topological polar surface area (TPSA) is 58.6 Å². The van der Waals surface area contributed by atoms with Crippen LogP contribution in [-0.2, 0) is 11.3 Å². The number of carbonyl (C=O) groups excluding carboxylic acids is 1. The third-order valence-corrected chi connectivity index (χ3v) is 4.82. The summed E-state index contributed by atoms with van der Waals surface area (Å²) in [7, 11) is 2.10. The van der Waals surface area contributed by atoms with Gasteiger partial charge in [-0.2, -0.15) is 0 Å². The number of rotatable bonds is 5. The van der Waals surface area contributed by atoms with Gasteiger partial charge in [-0.1, -0.05) is 0 Å². The van der Waals surface area contributed by atoms with Crippen molar-refractivity contribution >= 4 is 17.9 Å². The van der Waals surface area contributed by atoms with Gasteiger partial charge in [-0.05, 0) is 52.8 Å². The molecule has 1 fully saturated rings. The van der Waals surface area contributed by atoms with E-state index in [0.717, 1.165) is 49.7 Å². The van der Waals surface area contributed by atoms with Crippen LogP contribution in [0, 0.1) is 5.92 Å². The van der Waals surface area contributed by atoms with Crippen LogP contribution < -0.4 is 0 Å². The van der Waals surface area contributed by atoms with Gasteiger partial charge < -0.3 is 14.5 Å². The quantitative estimate of drug-likeness (QED) is 0.746. The zero-order chi connectivity index (χ0) is 18.4. The first-order chi connectivity index (χ1) is 11.8. The van der Waals surface area contributed by atoms with Crippen LogP contribution in [-0.4, -0.2) is 64.4 Å². The highest BCUT2D eigenvalue weighted by atomic mass is 32.2. The van der Waals surface area contributed by atoms with Gasteiger partial charge in [0, 0.05) is 38.6 Å². The van der Waals surface area contributed by atoms with Gasteiger partial charge in [-0.15, -0.1) is 11.8 Å². The lowest BCUT2D eigenvalue weighted by Crippen LogP contribution is -2.45. The normalized spacial score (nSPS) is 18.5. The Morgan fingerprint density at radius 3 is 2.80 bits per heavy atom. The molecular weight excluding hydrogens is 336 g/mol. The summed E-state index contributed by atoms with van der Waals surface area (Å²) in [6.45, 7) is 8.97. The number of thioether (sulfide) groups is 1. The molecule has 7 heteroatoms. The molecule has 0 spiro atoms. The van der Waals surface area contributed by atoms with Crippen LogP contribution in [0.15, 0.2) is 17.4 Å². The fourth-order valence-electron chi connectivity index (χ4n) is 3.10. The molecule has 2 rings (SSSR count). The van der Waals surface area contributed by atoms with Crippen molar-refractivity contribution in [1.82, 2.24) is 19.8 Å². The molecular formula is C18H30N4O2S. The molecule has 1 aromatic rings. The first-order valence-corrected chi connectivity index (χ1v) is 10.0. The molecule has 1 amide bonds. The van der Waals surface area contributed by atoms with E-state index in [1.807, 2.05) is 31.9 Å². The fourth-order valence-corrected chi connectivity index (χ4v) is 3.62.